The molecule has 1 aliphatic carbocycles. The maximum absolute atomic E-state index is 13.3. The second-order valence-corrected chi connectivity index (χ2v) is 5.98. The van der Waals surface area contributed by atoms with E-state index in [4.69, 9.17) is 0 Å². The summed E-state index contributed by atoms with van der Waals surface area (Å²) in [5, 5.41) is 4.67. The molecule has 1 amide bonds. The van der Waals surface area contributed by atoms with Gasteiger partial charge in [-0.05, 0) is 12.8 Å². The van der Waals surface area contributed by atoms with Crippen molar-refractivity contribution in [3.8, 4) is 10.7 Å². The minimum atomic E-state index is -2.56. The first-order valence-corrected chi connectivity index (χ1v) is 7.54. The molecule has 1 fully saturated rings. The highest BCUT2D eigenvalue weighted by Crippen LogP contribution is 2.35. The number of imidazole rings is 1. The number of alkyl halides is 2. The van der Waals surface area contributed by atoms with Crippen molar-refractivity contribution in [2.24, 2.45) is 0 Å². The van der Waals surface area contributed by atoms with Crippen LogP contribution in [0.2, 0.25) is 0 Å². The summed E-state index contributed by atoms with van der Waals surface area (Å²) in [6.45, 7) is 0. The molecule has 1 saturated carbocycles. The standard InChI is InChI=1S/C13H14F2N4OS/c14-12(15)13(3-1-2-4-13)19-10(20)9-6-21-11(18-9)8-5-16-7-17-8/h5-7,12H,1-4H2,(H,16,17)(H,19,20). The highest BCUT2D eigenvalue weighted by atomic mass is 32.1. The Bertz CT molecular complexity index is 620. The normalized spacial score (nSPS) is 17.3. The van der Waals surface area contributed by atoms with Gasteiger partial charge in [-0.3, -0.25) is 4.79 Å². The summed E-state index contributed by atoms with van der Waals surface area (Å²) in [5.74, 6) is -0.542. The number of H-pyrrole nitrogens is 1. The van der Waals surface area contributed by atoms with Gasteiger partial charge in [0, 0.05) is 5.38 Å². The van der Waals surface area contributed by atoms with Crippen LogP contribution in [-0.2, 0) is 0 Å². The first-order valence-electron chi connectivity index (χ1n) is 6.66. The Morgan fingerprint density at radius 1 is 1.43 bits per heavy atom. The van der Waals surface area contributed by atoms with E-state index in [0.29, 0.717) is 36.4 Å². The van der Waals surface area contributed by atoms with Crippen molar-refractivity contribution in [2.45, 2.75) is 37.6 Å². The van der Waals surface area contributed by atoms with Gasteiger partial charge in [0.15, 0.2) is 0 Å². The van der Waals surface area contributed by atoms with Crippen molar-refractivity contribution in [3.05, 3.63) is 23.6 Å². The zero-order valence-corrected chi connectivity index (χ0v) is 11.9. The number of halogens is 2. The van der Waals surface area contributed by atoms with Gasteiger partial charge in [-0.1, -0.05) is 12.8 Å². The number of hydrogen-bond donors (Lipinski definition) is 2. The smallest absolute Gasteiger partial charge is 0.271 e. The van der Waals surface area contributed by atoms with Crippen molar-refractivity contribution >= 4 is 17.2 Å². The fourth-order valence-corrected chi connectivity index (χ4v) is 3.34. The molecule has 2 aromatic heterocycles. The number of nitrogens with one attached hydrogen (secondary N) is 2. The summed E-state index contributed by atoms with van der Waals surface area (Å²) in [4.78, 5) is 23.1. The molecular weight excluding hydrogens is 298 g/mol. The van der Waals surface area contributed by atoms with Crippen molar-refractivity contribution in [2.75, 3.05) is 0 Å². The second-order valence-electron chi connectivity index (χ2n) is 5.12. The predicted octanol–water partition coefficient (Wildman–Crippen LogP) is 2.84. The molecule has 0 aromatic carbocycles. The summed E-state index contributed by atoms with van der Waals surface area (Å²) in [6, 6.07) is 0. The van der Waals surface area contributed by atoms with Crippen LogP contribution in [0.5, 0.6) is 0 Å². The Balaban J connectivity index is 1.76. The van der Waals surface area contributed by atoms with Crippen LogP contribution in [0.25, 0.3) is 10.7 Å². The molecule has 112 valence electrons. The fraction of sp³-hybridized carbons (Fsp3) is 0.462. The van der Waals surface area contributed by atoms with E-state index in [2.05, 4.69) is 20.3 Å². The molecule has 3 rings (SSSR count). The second kappa shape index (κ2) is 5.51. The minimum Gasteiger partial charge on any atom is -0.343 e. The average molecular weight is 312 g/mol. The maximum Gasteiger partial charge on any atom is 0.271 e. The minimum absolute atomic E-state index is 0.163. The number of thiazole rings is 1. The molecule has 0 atom stereocenters. The molecule has 21 heavy (non-hydrogen) atoms. The van der Waals surface area contributed by atoms with E-state index in [1.165, 1.54) is 17.7 Å². The topological polar surface area (TPSA) is 70.7 Å². The fourth-order valence-electron chi connectivity index (χ4n) is 2.57. The van der Waals surface area contributed by atoms with E-state index in [0.717, 1.165) is 0 Å². The molecular formula is C13H14F2N4OS. The molecule has 2 N–H and O–H groups in total. The number of hydrogen-bond acceptors (Lipinski definition) is 4. The molecule has 2 heterocycles. The van der Waals surface area contributed by atoms with Gasteiger partial charge >= 0.3 is 0 Å². The Morgan fingerprint density at radius 2 is 2.19 bits per heavy atom. The van der Waals surface area contributed by atoms with Gasteiger partial charge in [0.25, 0.3) is 12.3 Å². The molecule has 0 spiro atoms. The third-order valence-electron chi connectivity index (χ3n) is 3.74. The Hall–Kier alpha value is -1.83. The lowest BCUT2D eigenvalue weighted by atomic mass is 9.98. The molecule has 0 radical (unpaired) electrons. The summed E-state index contributed by atoms with van der Waals surface area (Å²) in [7, 11) is 0. The predicted molar refractivity (Wildman–Crippen MR) is 74.4 cm³/mol. The molecule has 0 unspecified atom stereocenters. The van der Waals surface area contributed by atoms with E-state index < -0.39 is 17.9 Å². The Kier molecular flexibility index (Phi) is 3.71. The van der Waals surface area contributed by atoms with Crippen molar-refractivity contribution in [3.63, 3.8) is 0 Å². The van der Waals surface area contributed by atoms with Gasteiger partial charge in [-0.2, -0.15) is 0 Å². The summed E-state index contributed by atoms with van der Waals surface area (Å²) < 4.78 is 26.5. The van der Waals surface area contributed by atoms with Gasteiger partial charge in [0.2, 0.25) is 0 Å². The van der Waals surface area contributed by atoms with Crippen LogP contribution < -0.4 is 5.32 Å². The van der Waals surface area contributed by atoms with E-state index in [1.54, 1.807) is 11.6 Å². The number of carbonyl (C=O) groups excluding carboxylic acids is 1. The zero-order valence-electron chi connectivity index (χ0n) is 11.1. The maximum atomic E-state index is 13.3. The van der Waals surface area contributed by atoms with Gasteiger partial charge in [-0.25, -0.2) is 18.7 Å². The average Bonchev–Trinajstić information content (AvgIpc) is 3.20. The number of nitrogens with zero attached hydrogens (tertiary/aromatic N) is 2. The van der Waals surface area contributed by atoms with Crippen LogP contribution in [0.1, 0.15) is 36.2 Å². The van der Waals surface area contributed by atoms with Gasteiger partial charge in [0.1, 0.15) is 16.2 Å². The first kappa shape index (κ1) is 14.1. The number of carbonyl (C=O) groups is 1. The molecule has 0 aliphatic heterocycles. The monoisotopic (exact) mass is 312 g/mol. The van der Waals surface area contributed by atoms with Crippen molar-refractivity contribution < 1.29 is 13.6 Å². The van der Waals surface area contributed by atoms with Crippen molar-refractivity contribution in [1.29, 1.82) is 0 Å². The Labute approximate surface area is 123 Å². The lowest BCUT2D eigenvalue weighted by Gasteiger charge is -2.28. The van der Waals surface area contributed by atoms with Crippen LogP contribution in [0.4, 0.5) is 8.78 Å². The van der Waals surface area contributed by atoms with Gasteiger partial charge in [0.05, 0.1) is 18.2 Å². The molecule has 0 saturated heterocycles. The van der Waals surface area contributed by atoms with Crippen LogP contribution in [-0.4, -0.2) is 32.8 Å². The number of aromatic nitrogens is 3. The van der Waals surface area contributed by atoms with Crippen LogP contribution in [0, 0.1) is 0 Å². The van der Waals surface area contributed by atoms with Gasteiger partial charge < -0.3 is 10.3 Å². The molecule has 0 bridgehead atoms. The SMILES string of the molecule is O=C(NC1(C(F)F)CCCC1)c1csc(-c2cnc[nH]2)n1. The zero-order chi connectivity index (χ0) is 14.9. The summed E-state index contributed by atoms with van der Waals surface area (Å²) >= 11 is 1.27. The quantitative estimate of drug-likeness (QED) is 0.912. The third kappa shape index (κ3) is 2.67. The molecule has 1 aliphatic rings. The third-order valence-corrected chi connectivity index (χ3v) is 4.62. The molecule has 2 aromatic rings. The van der Waals surface area contributed by atoms with Crippen molar-refractivity contribution in [1.82, 2.24) is 20.3 Å². The first-order chi connectivity index (χ1) is 10.1. The number of aromatic amines is 1. The summed E-state index contributed by atoms with van der Waals surface area (Å²) in [6.07, 6.45) is 2.60. The van der Waals surface area contributed by atoms with Gasteiger partial charge in [-0.15, -0.1) is 11.3 Å². The Morgan fingerprint density at radius 3 is 2.81 bits per heavy atom. The van der Waals surface area contributed by atoms with E-state index in [9.17, 15) is 13.6 Å². The number of amides is 1. The number of rotatable bonds is 4. The van der Waals surface area contributed by atoms with Crippen LogP contribution in [0.3, 0.4) is 0 Å². The largest absolute Gasteiger partial charge is 0.343 e. The molecule has 5 nitrogen and oxygen atoms in total. The van der Waals surface area contributed by atoms with E-state index >= 15 is 0 Å². The highest BCUT2D eigenvalue weighted by Gasteiger charge is 2.44. The summed E-state index contributed by atoms with van der Waals surface area (Å²) in [5.41, 5.74) is -0.533. The lowest BCUT2D eigenvalue weighted by Crippen LogP contribution is -2.51. The van der Waals surface area contributed by atoms with Crippen LogP contribution in [0.15, 0.2) is 17.9 Å². The van der Waals surface area contributed by atoms with Crippen LogP contribution >= 0.6 is 11.3 Å². The molecule has 8 heteroatoms. The lowest BCUT2D eigenvalue weighted by molar-refractivity contribution is 0.0303. The highest BCUT2D eigenvalue weighted by molar-refractivity contribution is 7.13. The van der Waals surface area contributed by atoms with E-state index in [1.807, 2.05) is 0 Å². The van der Waals surface area contributed by atoms with E-state index in [-0.39, 0.29) is 5.69 Å².